The van der Waals surface area contributed by atoms with E-state index in [-0.39, 0.29) is 17.9 Å². The Kier molecular flexibility index (Phi) is 11.2. The van der Waals surface area contributed by atoms with Crippen LogP contribution >= 0.6 is 0 Å². The van der Waals surface area contributed by atoms with Gasteiger partial charge in [-0.3, -0.25) is 15.5 Å². The molecule has 2 amide bonds. The zero-order valence-electron chi connectivity index (χ0n) is 24.7. The number of rotatable bonds is 9. The SMILES string of the molecule is COc1ccccc1OC(C=CC(=O)c1cccc(CN(C(=N)NC(=O)OC(C)(C)C)C(=O)OC(C)(C)C)c1)C(=O)O. The molecule has 0 aliphatic rings. The molecule has 0 fully saturated rings. The maximum atomic E-state index is 12.9. The van der Waals surface area contributed by atoms with Crippen LogP contribution in [0.4, 0.5) is 9.59 Å². The van der Waals surface area contributed by atoms with Crippen molar-refractivity contribution in [3.63, 3.8) is 0 Å². The summed E-state index contributed by atoms with van der Waals surface area (Å²) in [6.45, 7) is 9.69. The van der Waals surface area contributed by atoms with Gasteiger partial charge in [0.15, 0.2) is 17.3 Å². The number of nitrogens with zero attached hydrogens (tertiary/aromatic N) is 1. The van der Waals surface area contributed by atoms with Crippen molar-refractivity contribution in [2.24, 2.45) is 0 Å². The first kappa shape index (κ1) is 33.3. The molecule has 0 aliphatic heterocycles. The minimum Gasteiger partial charge on any atom is -0.493 e. The lowest BCUT2D eigenvalue weighted by molar-refractivity contribution is -0.142. The van der Waals surface area contributed by atoms with Crippen LogP contribution in [-0.4, -0.2) is 64.3 Å². The second-order valence-electron chi connectivity index (χ2n) is 11.0. The van der Waals surface area contributed by atoms with Crippen LogP contribution in [0.2, 0.25) is 0 Å². The van der Waals surface area contributed by atoms with Crippen LogP contribution < -0.4 is 14.8 Å². The molecule has 12 heteroatoms. The number of nitrogens with one attached hydrogen (secondary N) is 2. The Morgan fingerprint density at radius 2 is 1.57 bits per heavy atom. The van der Waals surface area contributed by atoms with Crippen LogP contribution in [0.3, 0.4) is 0 Å². The summed E-state index contributed by atoms with van der Waals surface area (Å²) >= 11 is 0. The highest BCUT2D eigenvalue weighted by Gasteiger charge is 2.28. The molecule has 0 heterocycles. The van der Waals surface area contributed by atoms with E-state index in [9.17, 15) is 24.3 Å². The average molecular weight is 584 g/mol. The van der Waals surface area contributed by atoms with Crippen LogP contribution in [0, 0.1) is 5.41 Å². The Bertz CT molecular complexity index is 1340. The maximum absolute atomic E-state index is 12.9. The smallest absolute Gasteiger partial charge is 0.417 e. The first-order valence-corrected chi connectivity index (χ1v) is 12.9. The van der Waals surface area contributed by atoms with Crippen molar-refractivity contribution >= 4 is 29.9 Å². The number of ether oxygens (including phenoxy) is 4. The van der Waals surface area contributed by atoms with E-state index in [1.165, 1.54) is 19.2 Å². The third kappa shape index (κ3) is 11.0. The normalized spacial score (nSPS) is 12.2. The third-order valence-corrected chi connectivity index (χ3v) is 5.04. The fraction of sp³-hybridized carbons (Fsp3) is 0.367. The predicted molar refractivity (Wildman–Crippen MR) is 154 cm³/mol. The van der Waals surface area contributed by atoms with E-state index in [1.54, 1.807) is 77.9 Å². The molecule has 0 spiro atoms. The molecule has 226 valence electrons. The van der Waals surface area contributed by atoms with Gasteiger partial charge in [-0.1, -0.05) is 30.3 Å². The van der Waals surface area contributed by atoms with Crippen molar-refractivity contribution in [2.45, 2.75) is 65.4 Å². The number of allylic oxidation sites excluding steroid dienone is 1. The molecule has 12 nitrogen and oxygen atoms in total. The Hall–Kier alpha value is -4.87. The number of carboxylic acid groups (broad SMARTS) is 1. The molecule has 0 aliphatic carbocycles. The number of ketones is 1. The fourth-order valence-electron chi connectivity index (χ4n) is 3.32. The lowest BCUT2D eigenvalue weighted by Gasteiger charge is -2.28. The number of methoxy groups -OCH3 is 1. The van der Waals surface area contributed by atoms with Crippen molar-refractivity contribution < 1.29 is 43.2 Å². The quantitative estimate of drug-likeness (QED) is 0.156. The first-order chi connectivity index (χ1) is 19.5. The van der Waals surface area contributed by atoms with Gasteiger partial charge >= 0.3 is 18.2 Å². The summed E-state index contributed by atoms with van der Waals surface area (Å²) < 4.78 is 21.3. The summed E-state index contributed by atoms with van der Waals surface area (Å²) in [5.74, 6) is -1.92. The highest BCUT2D eigenvalue weighted by molar-refractivity contribution is 6.05. The van der Waals surface area contributed by atoms with Gasteiger partial charge in [-0.15, -0.1) is 0 Å². The highest BCUT2D eigenvalue weighted by atomic mass is 16.6. The zero-order valence-corrected chi connectivity index (χ0v) is 24.7. The van der Waals surface area contributed by atoms with Crippen LogP contribution in [-0.2, 0) is 20.8 Å². The number of carbonyl (C=O) groups excluding carboxylic acids is 3. The van der Waals surface area contributed by atoms with Gasteiger partial charge in [0.1, 0.15) is 11.2 Å². The molecule has 0 aromatic heterocycles. The zero-order chi connectivity index (χ0) is 31.7. The molecule has 0 saturated carbocycles. The van der Waals surface area contributed by atoms with E-state index in [2.05, 4.69) is 5.32 Å². The van der Waals surface area contributed by atoms with Gasteiger partial charge in [-0.05, 0) is 77.5 Å². The van der Waals surface area contributed by atoms with E-state index in [0.29, 0.717) is 11.3 Å². The van der Waals surface area contributed by atoms with Gasteiger partial charge in [-0.2, -0.15) is 0 Å². The number of guanidine groups is 1. The number of amides is 2. The van der Waals surface area contributed by atoms with Crippen molar-refractivity contribution in [1.29, 1.82) is 5.41 Å². The summed E-state index contributed by atoms with van der Waals surface area (Å²) in [5, 5.41) is 20.2. The van der Waals surface area contributed by atoms with Gasteiger partial charge in [-0.25, -0.2) is 19.3 Å². The average Bonchev–Trinajstić information content (AvgIpc) is 2.87. The molecule has 2 aromatic carbocycles. The molecular formula is C30H37N3O9. The fourth-order valence-corrected chi connectivity index (χ4v) is 3.32. The molecular weight excluding hydrogens is 546 g/mol. The number of carboxylic acids is 1. The monoisotopic (exact) mass is 583 g/mol. The van der Waals surface area contributed by atoms with Crippen molar-refractivity contribution in [3.05, 3.63) is 71.8 Å². The van der Waals surface area contributed by atoms with E-state index < -0.39 is 47.2 Å². The van der Waals surface area contributed by atoms with Crippen LogP contribution in [0.1, 0.15) is 57.5 Å². The van der Waals surface area contributed by atoms with E-state index in [0.717, 1.165) is 17.1 Å². The first-order valence-electron chi connectivity index (χ1n) is 12.9. The van der Waals surface area contributed by atoms with E-state index in [4.69, 9.17) is 24.4 Å². The largest absolute Gasteiger partial charge is 0.493 e. The van der Waals surface area contributed by atoms with E-state index >= 15 is 0 Å². The van der Waals surface area contributed by atoms with Crippen LogP contribution in [0.5, 0.6) is 11.5 Å². The minimum absolute atomic E-state index is 0.181. The molecule has 0 saturated heterocycles. The minimum atomic E-state index is -1.48. The van der Waals surface area contributed by atoms with E-state index in [1.807, 2.05) is 0 Å². The Balaban J connectivity index is 2.25. The van der Waals surface area contributed by atoms with Crippen molar-refractivity contribution in [3.8, 4) is 11.5 Å². The summed E-state index contributed by atoms with van der Waals surface area (Å²) in [4.78, 5) is 50.8. The van der Waals surface area contributed by atoms with Crippen LogP contribution in [0.25, 0.3) is 0 Å². The summed E-state index contributed by atoms with van der Waals surface area (Å²) in [6, 6.07) is 12.7. The molecule has 2 aromatic rings. The molecule has 1 unspecified atom stereocenters. The number of alkyl carbamates (subject to hydrolysis) is 1. The molecule has 3 N–H and O–H groups in total. The van der Waals surface area contributed by atoms with Gasteiger partial charge in [0.2, 0.25) is 12.1 Å². The second kappa shape index (κ2) is 14.2. The van der Waals surface area contributed by atoms with Gasteiger partial charge in [0.25, 0.3) is 0 Å². The predicted octanol–water partition coefficient (Wildman–Crippen LogP) is 5.16. The maximum Gasteiger partial charge on any atom is 0.417 e. The van der Waals surface area contributed by atoms with Crippen molar-refractivity contribution in [1.82, 2.24) is 10.2 Å². The molecule has 1 atom stereocenters. The number of hydrogen-bond donors (Lipinski definition) is 3. The lowest BCUT2D eigenvalue weighted by Crippen LogP contribution is -2.49. The van der Waals surface area contributed by atoms with Crippen LogP contribution in [0.15, 0.2) is 60.7 Å². The summed E-state index contributed by atoms with van der Waals surface area (Å²) in [5.41, 5.74) is -1.12. The summed E-state index contributed by atoms with van der Waals surface area (Å²) in [7, 11) is 1.42. The molecule has 42 heavy (non-hydrogen) atoms. The topological polar surface area (TPSA) is 165 Å². The number of aliphatic carboxylic acids is 1. The van der Waals surface area contributed by atoms with Gasteiger partial charge in [0.05, 0.1) is 13.7 Å². The van der Waals surface area contributed by atoms with Crippen molar-refractivity contribution in [2.75, 3.05) is 7.11 Å². The summed E-state index contributed by atoms with van der Waals surface area (Å²) in [6.07, 6.45) is -1.13. The highest BCUT2D eigenvalue weighted by Crippen LogP contribution is 2.27. The Morgan fingerprint density at radius 1 is 0.952 bits per heavy atom. The second-order valence-corrected chi connectivity index (χ2v) is 11.0. The number of benzene rings is 2. The molecule has 2 rings (SSSR count). The number of para-hydroxylation sites is 2. The van der Waals surface area contributed by atoms with Gasteiger partial charge < -0.3 is 24.1 Å². The standard InChI is InChI=1S/C30H37N3O9/c1-29(2,3)41-27(37)32-26(31)33(28(38)42-30(4,5)6)18-19-11-10-12-20(17-19)21(34)15-16-24(25(35)36)40-23-14-9-8-13-22(23)39-7/h8-17,24H,18H2,1-7H3,(H,35,36)(H2,31,32,37). The van der Waals surface area contributed by atoms with Gasteiger partial charge in [0, 0.05) is 5.56 Å². The number of carbonyl (C=O) groups is 4. The Labute approximate surface area is 244 Å². The molecule has 0 bridgehead atoms. The Morgan fingerprint density at radius 3 is 2.14 bits per heavy atom. The lowest BCUT2D eigenvalue weighted by atomic mass is 10.1. The third-order valence-electron chi connectivity index (χ3n) is 5.04. The number of hydrogen-bond acceptors (Lipinski definition) is 9. The molecule has 0 radical (unpaired) electrons.